The first-order valence-corrected chi connectivity index (χ1v) is 11.0. The van der Waals surface area contributed by atoms with E-state index in [4.69, 9.17) is 9.57 Å². The number of aryl methyl sites for hydroxylation is 2. The van der Waals surface area contributed by atoms with Gasteiger partial charge in [-0.05, 0) is 45.4 Å². The first-order valence-electron chi connectivity index (χ1n) is 10.2. The largest absolute Gasteiger partial charge is 0.479 e. The predicted molar refractivity (Wildman–Crippen MR) is 123 cm³/mol. The van der Waals surface area contributed by atoms with Crippen molar-refractivity contribution in [2.75, 3.05) is 0 Å². The molecule has 3 aromatic rings. The van der Waals surface area contributed by atoms with Crippen molar-refractivity contribution < 1.29 is 24.3 Å². The third-order valence-electron chi connectivity index (χ3n) is 4.59. The molecule has 2 aromatic carbocycles. The molecule has 0 spiro atoms. The van der Waals surface area contributed by atoms with E-state index in [0.29, 0.717) is 16.3 Å². The highest BCUT2D eigenvalue weighted by atomic mass is 32.1. The second kappa shape index (κ2) is 10.4. The van der Waals surface area contributed by atoms with Crippen molar-refractivity contribution in [3.05, 3.63) is 70.2 Å². The van der Waals surface area contributed by atoms with Gasteiger partial charge < -0.3 is 14.7 Å². The van der Waals surface area contributed by atoms with Crippen LogP contribution in [0.25, 0.3) is 10.6 Å². The zero-order valence-electron chi connectivity index (χ0n) is 18.4. The molecule has 7 nitrogen and oxygen atoms in total. The number of nitrogens with zero attached hydrogens (tertiary/aromatic N) is 1. The predicted octanol–water partition coefficient (Wildman–Crippen LogP) is 4.57. The Labute approximate surface area is 191 Å². The van der Waals surface area contributed by atoms with Crippen molar-refractivity contribution in [1.29, 1.82) is 0 Å². The van der Waals surface area contributed by atoms with E-state index < -0.39 is 18.0 Å². The summed E-state index contributed by atoms with van der Waals surface area (Å²) in [4.78, 5) is 34.5. The number of amides is 1. The van der Waals surface area contributed by atoms with Crippen LogP contribution in [0.5, 0.6) is 5.75 Å². The summed E-state index contributed by atoms with van der Waals surface area (Å²) in [6, 6.07) is 14.8. The smallest absolute Gasteiger partial charge is 0.333 e. The third kappa shape index (κ3) is 6.15. The molecule has 0 saturated heterocycles. The van der Waals surface area contributed by atoms with E-state index in [-0.39, 0.29) is 12.5 Å². The molecule has 1 heterocycles. The Bertz CT molecular complexity index is 1090. The lowest BCUT2D eigenvalue weighted by atomic mass is 10.1. The Kier molecular flexibility index (Phi) is 7.61. The van der Waals surface area contributed by atoms with Gasteiger partial charge in [0.1, 0.15) is 9.88 Å². The Morgan fingerprint density at radius 2 is 1.84 bits per heavy atom. The average Bonchev–Trinajstić information content (AvgIpc) is 3.13. The number of hydroxylamine groups is 1. The molecular formula is C24H26N2O5S. The summed E-state index contributed by atoms with van der Waals surface area (Å²) < 4.78 is 5.45. The molecule has 2 N–H and O–H groups in total. The maximum atomic E-state index is 12.6. The fourth-order valence-corrected chi connectivity index (χ4v) is 4.01. The zero-order valence-corrected chi connectivity index (χ0v) is 19.2. The number of aliphatic carboxylic acids is 1. The van der Waals surface area contributed by atoms with Crippen LogP contribution in [0.3, 0.4) is 0 Å². The number of carbonyl (C=O) groups excluding carboxylic acids is 1. The van der Waals surface area contributed by atoms with E-state index in [0.717, 1.165) is 21.7 Å². The molecule has 32 heavy (non-hydrogen) atoms. The van der Waals surface area contributed by atoms with Crippen molar-refractivity contribution in [2.45, 2.75) is 46.3 Å². The molecule has 8 heteroatoms. The Morgan fingerprint density at radius 1 is 1.12 bits per heavy atom. The van der Waals surface area contributed by atoms with Crippen LogP contribution < -0.4 is 10.3 Å². The van der Waals surface area contributed by atoms with E-state index in [9.17, 15) is 14.7 Å². The highest BCUT2D eigenvalue weighted by molar-refractivity contribution is 7.17. The van der Waals surface area contributed by atoms with Crippen LogP contribution in [0.15, 0.2) is 48.5 Å². The van der Waals surface area contributed by atoms with Crippen LogP contribution in [-0.4, -0.2) is 34.2 Å². The summed E-state index contributed by atoms with van der Waals surface area (Å²) >= 11 is 1.30. The molecule has 3 rings (SSSR count). The van der Waals surface area contributed by atoms with E-state index in [1.165, 1.54) is 11.3 Å². The average molecular weight is 455 g/mol. The van der Waals surface area contributed by atoms with Crippen LogP contribution in [0.1, 0.15) is 40.3 Å². The molecule has 0 bridgehead atoms. The van der Waals surface area contributed by atoms with E-state index in [1.54, 1.807) is 45.0 Å². The maximum Gasteiger partial charge on any atom is 0.333 e. The van der Waals surface area contributed by atoms with Gasteiger partial charge in [0.25, 0.3) is 5.91 Å². The van der Waals surface area contributed by atoms with E-state index in [2.05, 4.69) is 10.5 Å². The normalized spacial score (nSPS) is 11.9. The first-order chi connectivity index (χ1) is 15.2. The van der Waals surface area contributed by atoms with Gasteiger partial charge in [0.15, 0.2) is 11.9 Å². The zero-order chi connectivity index (χ0) is 23.3. The Morgan fingerprint density at radius 3 is 2.50 bits per heavy atom. The van der Waals surface area contributed by atoms with Crippen LogP contribution in [0, 0.1) is 13.8 Å². The van der Waals surface area contributed by atoms with Gasteiger partial charge in [-0.15, -0.1) is 11.3 Å². The summed E-state index contributed by atoms with van der Waals surface area (Å²) in [5.41, 5.74) is 5.90. The van der Waals surface area contributed by atoms with Gasteiger partial charge in [0.2, 0.25) is 0 Å². The van der Waals surface area contributed by atoms with Crippen molar-refractivity contribution >= 4 is 23.2 Å². The van der Waals surface area contributed by atoms with Gasteiger partial charge in [-0.3, -0.25) is 4.79 Å². The monoisotopic (exact) mass is 454 g/mol. The van der Waals surface area contributed by atoms with Crippen LogP contribution in [-0.2, 0) is 16.0 Å². The molecule has 1 amide bonds. The van der Waals surface area contributed by atoms with Crippen molar-refractivity contribution in [2.24, 2.45) is 0 Å². The first kappa shape index (κ1) is 23.4. The van der Waals surface area contributed by atoms with Gasteiger partial charge in [-0.25, -0.2) is 9.78 Å². The second-order valence-corrected chi connectivity index (χ2v) is 8.70. The van der Waals surface area contributed by atoms with Gasteiger partial charge in [0.05, 0.1) is 11.8 Å². The highest BCUT2D eigenvalue weighted by Gasteiger charge is 2.21. The lowest BCUT2D eigenvalue weighted by Crippen LogP contribution is -2.29. The fourth-order valence-electron chi connectivity index (χ4n) is 3.05. The Hall–Kier alpha value is -3.23. The minimum absolute atomic E-state index is 0.187. The molecule has 1 unspecified atom stereocenters. The van der Waals surface area contributed by atoms with Crippen LogP contribution in [0.2, 0.25) is 0 Å². The molecule has 0 aliphatic carbocycles. The molecule has 0 aliphatic heterocycles. The van der Waals surface area contributed by atoms with Crippen molar-refractivity contribution in [3.63, 3.8) is 0 Å². The topological polar surface area (TPSA) is 97.8 Å². The lowest BCUT2D eigenvalue weighted by Gasteiger charge is -2.16. The summed E-state index contributed by atoms with van der Waals surface area (Å²) in [5.74, 6) is -1.02. The quantitative estimate of drug-likeness (QED) is 0.460. The number of carboxylic acid groups (broad SMARTS) is 1. The standard InChI is InChI=1S/C24H26N2O5S/c1-14(2)30-20(24(28)29)13-17-6-5-7-19(12-17)31-26-22(27)21-16(4)25-23(32-21)18-10-8-15(3)9-11-18/h5-12,14,20H,13H2,1-4H3,(H,26,27)(H,28,29). The van der Waals surface area contributed by atoms with Gasteiger partial charge in [-0.1, -0.05) is 42.0 Å². The minimum atomic E-state index is -1.02. The van der Waals surface area contributed by atoms with Gasteiger partial charge >= 0.3 is 5.97 Å². The molecule has 0 saturated carbocycles. The number of thiazole rings is 1. The van der Waals surface area contributed by atoms with Crippen LogP contribution in [0.4, 0.5) is 0 Å². The number of aromatic nitrogens is 1. The highest BCUT2D eigenvalue weighted by Crippen LogP contribution is 2.28. The summed E-state index contributed by atoms with van der Waals surface area (Å²) in [6.45, 7) is 7.37. The number of nitrogens with one attached hydrogen (secondary N) is 1. The molecule has 1 atom stereocenters. The number of hydrogen-bond donors (Lipinski definition) is 2. The number of rotatable bonds is 9. The number of carboxylic acids is 1. The summed E-state index contributed by atoms with van der Waals surface area (Å²) in [6.07, 6.45) is -0.978. The minimum Gasteiger partial charge on any atom is -0.479 e. The lowest BCUT2D eigenvalue weighted by molar-refractivity contribution is -0.153. The Balaban J connectivity index is 1.66. The second-order valence-electron chi connectivity index (χ2n) is 7.70. The molecule has 0 fully saturated rings. The van der Waals surface area contributed by atoms with Gasteiger partial charge in [-0.2, -0.15) is 5.48 Å². The fraction of sp³-hybridized carbons (Fsp3) is 0.292. The molecule has 1 aromatic heterocycles. The van der Waals surface area contributed by atoms with E-state index >= 15 is 0 Å². The number of hydrogen-bond acceptors (Lipinski definition) is 6. The van der Waals surface area contributed by atoms with E-state index in [1.807, 2.05) is 31.2 Å². The SMILES string of the molecule is Cc1ccc(-c2nc(C)c(C(=O)NOc3cccc(CC(OC(C)C)C(=O)O)c3)s2)cc1. The molecular weight excluding hydrogens is 428 g/mol. The van der Waals surface area contributed by atoms with Crippen molar-refractivity contribution in [1.82, 2.24) is 10.5 Å². The van der Waals surface area contributed by atoms with Crippen molar-refractivity contribution in [3.8, 4) is 16.3 Å². The third-order valence-corrected chi connectivity index (χ3v) is 5.80. The number of carbonyl (C=O) groups is 2. The molecule has 0 radical (unpaired) electrons. The molecule has 0 aliphatic rings. The number of ether oxygens (including phenoxy) is 1. The summed E-state index contributed by atoms with van der Waals surface area (Å²) in [5, 5.41) is 10.1. The molecule has 168 valence electrons. The van der Waals surface area contributed by atoms with Crippen LogP contribution >= 0.6 is 11.3 Å². The maximum absolute atomic E-state index is 12.6. The van der Waals surface area contributed by atoms with Gasteiger partial charge in [0, 0.05) is 12.0 Å². The number of benzene rings is 2. The summed E-state index contributed by atoms with van der Waals surface area (Å²) in [7, 11) is 0.